The number of halogens is 2. The molecule has 1 aliphatic rings. The summed E-state index contributed by atoms with van der Waals surface area (Å²) in [6.07, 6.45) is 3.13. The van der Waals surface area contributed by atoms with E-state index in [0.29, 0.717) is 12.2 Å². The number of hydrogen-bond acceptors (Lipinski definition) is 6. The Balaban J connectivity index is 1.77. The summed E-state index contributed by atoms with van der Waals surface area (Å²) < 4.78 is 33.5. The van der Waals surface area contributed by atoms with Gasteiger partial charge in [-0.2, -0.15) is 15.2 Å². The van der Waals surface area contributed by atoms with Crippen molar-refractivity contribution in [3.05, 3.63) is 58.9 Å². The summed E-state index contributed by atoms with van der Waals surface area (Å²) in [5.74, 6) is -0.421. The van der Waals surface area contributed by atoms with Crippen LogP contribution in [0.4, 0.5) is 8.78 Å². The predicted octanol–water partition coefficient (Wildman–Crippen LogP) is 4.08. The molecule has 1 aromatic carbocycles. The van der Waals surface area contributed by atoms with Crippen LogP contribution in [0.2, 0.25) is 0 Å². The van der Waals surface area contributed by atoms with E-state index >= 15 is 0 Å². The van der Waals surface area contributed by atoms with Gasteiger partial charge in [0.1, 0.15) is 18.2 Å². The molecule has 0 spiro atoms. The summed E-state index contributed by atoms with van der Waals surface area (Å²) in [7, 11) is 0. The van der Waals surface area contributed by atoms with Gasteiger partial charge in [0.15, 0.2) is 5.82 Å². The zero-order valence-electron chi connectivity index (χ0n) is 16.3. The minimum Gasteiger partial charge on any atom is -0.387 e. The highest BCUT2D eigenvalue weighted by atomic mass is 19.1. The highest BCUT2D eigenvalue weighted by Gasteiger charge is 2.39. The van der Waals surface area contributed by atoms with Gasteiger partial charge in [0.05, 0.1) is 17.0 Å². The molecular formula is C21H22F2N4O2. The smallest absolute Gasteiger partial charge is 0.252 e. The Morgan fingerprint density at radius 1 is 1.24 bits per heavy atom. The lowest BCUT2D eigenvalue weighted by molar-refractivity contribution is 0.222. The van der Waals surface area contributed by atoms with Gasteiger partial charge in [0.25, 0.3) is 5.89 Å². The summed E-state index contributed by atoms with van der Waals surface area (Å²) >= 11 is 0. The highest BCUT2D eigenvalue weighted by Crippen LogP contribution is 2.45. The Bertz CT molecular complexity index is 1020. The van der Waals surface area contributed by atoms with Crippen molar-refractivity contribution < 1.29 is 18.4 Å². The zero-order valence-corrected chi connectivity index (χ0v) is 16.3. The van der Waals surface area contributed by atoms with Gasteiger partial charge >= 0.3 is 0 Å². The van der Waals surface area contributed by atoms with Gasteiger partial charge in [-0.3, -0.25) is 0 Å². The monoisotopic (exact) mass is 400 g/mol. The lowest BCUT2D eigenvalue weighted by Crippen LogP contribution is -2.34. The van der Waals surface area contributed by atoms with Crippen molar-refractivity contribution in [3.8, 4) is 11.3 Å². The van der Waals surface area contributed by atoms with Crippen molar-refractivity contribution in [2.24, 2.45) is 0 Å². The van der Waals surface area contributed by atoms with Gasteiger partial charge < -0.3 is 9.63 Å². The second-order valence-corrected chi connectivity index (χ2v) is 7.77. The number of aliphatic hydroxyl groups is 1. The van der Waals surface area contributed by atoms with Crippen LogP contribution in [0.1, 0.15) is 62.0 Å². The average Bonchev–Trinajstić information content (AvgIpc) is 3.15. The third-order valence-corrected chi connectivity index (χ3v) is 5.78. The maximum Gasteiger partial charge on any atom is 0.252 e. The molecule has 0 saturated carbocycles. The normalized spacial score (nSPS) is 21.2. The Morgan fingerprint density at radius 2 is 2.00 bits per heavy atom. The number of aromatic nitrogens is 4. The number of fused-ring (bicyclic) bond motifs is 1. The second kappa shape index (κ2) is 7.59. The van der Waals surface area contributed by atoms with Crippen LogP contribution in [-0.4, -0.2) is 25.4 Å². The Labute approximate surface area is 167 Å². The third-order valence-electron chi connectivity index (χ3n) is 5.78. The van der Waals surface area contributed by atoms with Crippen molar-refractivity contribution in [1.29, 1.82) is 0 Å². The van der Waals surface area contributed by atoms with Crippen LogP contribution in [0.15, 0.2) is 28.8 Å². The molecule has 6 nitrogen and oxygen atoms in total. The lowest BCUT2D eigenvalue weighted by atomic mass is 9.68. The van der Waals surface area contributed by atoms with E-state index in [2.05, 4.69) is 34.2 Å². The molecule has 29 heavy (non-hydrogen) atoms. The van der Waals surface area contributed by atoms with E-state index in [4.69, 9.17) is 9.63 Å². The number of rotatable bonds is 5. The number of aliphatic hydroxyl groups excluding tert-OH is 1. The van der Waals surface area contributed by atoms with Gasteiger partial charge in [-0.25, -0.2) is 8.78 Å². The largest absolute Gasteiger partial charge is 0.387 e. The van der Waals surface area contributed by atoms with Crippen LogP contribution in [-0.2, 0) is 18.4 Å². The molecule has 0 amide bonds. The summed E-state index contributed by atoms with van der Waals surface area (Å²) in [5, 5.41) is 21.7. The first-order valence-electron chi connectivity index (χ1n) is 9.70. The van der Waals surface area contributed by atoms with Crippen molar-refractivity contribution >= 4 is 0 Å². The summed E-state index contributed by atoms with van der Waals surface area (Å²) in [4.78, 5) is 4.19. The van der Waals surface area contributed by atoms with E-state index in [1.54, 1.807) is 6.07 Å². The molecule has 1 aliphatic carbocycles. The zero-order chi connectivity index (χ0) is 20.6. The fourth-order valence-electron chi connectivity index (χ4n) is 4.19. The molecule has 3 aromatic rings. The van der Waals surface area contributed by atoms with Crippen molar-refractivity contribution in [2.45, 2.75) is 57.5 Å². The number of benzene rings is 1. The Kier molecular flexibility index (Phi) is 5.12. The molecule has 8 heteroatoms. The SMILES string of the molecule is CC[C@H]1CC[C@](C)(Cc2noc(CO)n2)c2nnc(-c3c(F)cccc3F)cc21. The maximum atomic E-state index is 14.3. The fourth-order valence-corrected chi connectivity index (χ4v) is 4.19. The van der Waals surface area contributed by atoms with E-state index in [-0.39, 0.29) is 29.7 Å². The second-order valence-electron chi connectivity index (χ2n) is 7.77. The molecule has 0 fully saturated rings. The molecule has 1 N–H and O–H groups in total. The Morgan fingerprint density at radius 3 is 2.66 bits per heavy atom. The van der Waals surface area contributed by atoms with E-state index in [0.717, 1.165) is 30.5 Å². The molecule has 0 unspecified atom stereocenters. The Hall–Kier alpha value is -2.74. The predicted molar refractivity (Wildman–Crippen MR) is 101 cm³/mol. The molecule has 152 valence electrons. The molecule has 2 heterocycles. The summed E-state index contributed by atoms with van der Waals surface area (Å²) in [6, 6.07) is 5.54. The number of hydrogen-bond donors (Lipinski definition) is 1. The minimum absolute atomic E-state index is 0.157. The van der Waals surface area contributed by atoms with Crippen molar-refractivity contribution in [2.75, 3.05) is 0 Å². The van der Waals surface area contributed by atoms with E-state index in [1.165, 1.54) is 18.2 Å². The standard InChI is InChI=1S/C21H22F2N4O2/c1-3-12-7-8-21(2,10-17-24-18(11-28)29-27-17)20-13(12)9-16(25-26-20)19-14(22)5-4-6-15(19)23/h4-6,9,12,28H,3,7-8,10-11H2,1-2H3/t12-,21+/m0/s1. The topological polar surface area (TPSA) is 84.9 Å². The van der Waals surface area contributed by atoms with Crippen molar-refractivity contribution in [1.82, 2.24) is 20.3 Å². The van der Waals surface area contributed by atoms with Crippen LogP contribution < -0.4 is 0 Å². The minimum atomic E-state index is -0.658. The van der Waals surface area contributed by atoms with E-state index < -0.39 is 17.0 Å². The molecule has 0 bridgehead atoms. The van der Waals surface area contributed by atoms with Crippen LogP contribution >= 0.6 is 0 Å². The van der Waals surface area contributed by atoms with Gasteiger partial charge in [-0.1, -0.05) is 25.1 Å². The first kappa shape index (κ1) is 19.6. The molecule has 0 aliphatic heterocycles. The molecule has 2 atom stereocenters. The van der Waals surface area contributed by atoms with Crippen molar-refractivity contribution in [3.63, 3.8) is 0 Å². The number of nitrogens with zero attached hydrogens (tertiary/aromatic N) is 4. The summed E-state index contributed by atoms with van der Waals surface area (Å²) in [6.45, 7) is 3.84. The van der Waals surface area contributed by atoms with Gasteiger partial charge in [0, 0.05) is 11.8 Å². The average molecular weight is 400 g/mol. The van der Waals surface area contributed by atoms with Gasteiger partial charge in [-0.15, -0.1) is 0 Å². The van der Waals surface area contributed by atoms with Gasteiger partial charge in [-0.05, 0) is 48.9 Å². The molecule has 2 aromatic heterocycles. The first-order valence-corrected chi connectivity index (χ1v) is 9.70. The molecule has 4 rings (SSSR count). The van der Waals surface area contributed by atoms with E-state index in [9.17, 15) is 8.78 Å². The van der Waals surface area contributed by atoms with Crippen LogP contribution in [0.5, 0.6) is 0 Å². The van der Waals surface area contributed by atoms with Crippen LogP contribution in [0.25, 0.3) is 11.3 Å². The molecule has 0 saturated heterocycles. The van der Waals surface area contributed by atoms with Gasteiger partial charge in [0.2, 0.25) is 0 Å². The molecular weight excluding hydrogens is 378 g/mol. The third kappa shape index (κ3) is 3.53. The first-order chi connectivity index (χ1) is 13.9. The molecule has 0 radical (unpaired) electrons. The summed E-state index contributed by atoms with van der Waals surface area (Å²) in [5.41, 5.74) is 1.41. The highest BCUT2D eigenvalue weighted by molar-refractivity contribution is 5.62. The maximum absolute atomic E-state index is 14.3. The fraction of sp³-hybridized carbons (Fsp3) is 0.429. The van der Waals surface area contributed by atoms with E-state index in [1.807, 2.05) is 0 Å². The quantitative estimate of drug-likeness (QED) is 0.695. The van der Waals surface area contributed by atoms with Crippen LogP contribution in [0.3, 0.4) is 0 Å². The van der Waals surface area contributed by atoms with Crippen LogP contribution in [0, 0.1) is 11.6 Å². The lowest BCUT2D eigenvalue weighted by Gasteiger charge is -2.37.